The fourth-order valence-corrected chi connectivity index (χ4v) is 2.70. The summed E-state index contributed by atoms with van der Waals surface area (Å²) in [6, 6.07) is 14.6. The lowest BCUT2D eigenvalue weighted by Gasteiger charge is -2.09. The highest BCUT2D eigenvalue weighted by Crippen LogP contribution is 2.27. The van der Waals surface area contributed by atoms with Gasteiger partial charge in [-0.1, -0.05) is 24.3 Å². The summed E-state index contributed by atoms with van der Waals surface area (Å²) >= 11 is 0. The number of fused-ring (bicyclic) bond motifs is 1. The molecule has 0 aliphatic heterocycles. The van der Waals surface area contributed by atoms with Gasteiger partial charge in [0.1, 0.15) is 17.3 Å². The maximum Gasteiger partial charge on any atom is 0.178 e. The molecule has 2 heterocycles. The first kappa shape index (κ1) is 15.3. The van der Waals surface area contributed by atoms with Gasteiger partial charge in [0.05, 0.1) is 11.2 Å². The summed E-state index contributed by atoms with van der Waals surface area (Å²) in [5, 5.41) is 0.926. The molecule has 0 fully saturated rings. The van der Waals surface area contributed by atoms with E-state index in [0.717, 1.165) is 34.7 Å². The van der Waals surface area contributed by atoms with E-state index in [-0.39, 0.29) is 5.56 Å². The van der Waals surface area contributed by atoms with Crippen LogP contribution in [-0.4, -0.2) is 15.0 Å². The van der Waals surface area contributed by atoms with E-state index in [1.807, 2.05) is 24.3 Å². The van der Waals surface area contributed by atoms with Crippen LogP contribution in [0.4, 0.5) is 8.78 Å². The van der Waals surface area contributed by atoms with E-state index < -0.39 is 11.6 Å². The standard InChI is InChI=1S/C20H13F2N3/c1-12-6-9-18(20-23-11-13-4-2-3-5-17(13)25-20)24-19(12)15-10-14(21)7-8-16(15)22/h2-11H,1H3. The molecule has 3 nitrogen and oxygen atoms in total. The van der Waals surface area contributed by atoms with Crippen LogP contribution in [0.2, 0.25) is 0 Å². The normalized spacial score (nSPS) is 11.0. The number of hydrogen-bond acceptors (Lipinski definition) is 3. The summed E-state index contributed by atoms with van der Waals surface area (Å²) < 4.78 is 27.7. The van der Waals surface area contributed by atoms with Gasteiger partial charge in [0, 0.05) is 17.1 Å². The van der Waals surface area contributed by atoms with Crippen LogP contribution in [0, 0.1) is 18.6 Å². The minimum Gasteiger partial charge on any atom is -0.244 e. The van der Waals surface area contributed by atoms with Crippen molar-refractivity contribution in [2.24, 2.45) is 0 Å². The molecule has 122 valence electrons. The van der Waals surface area contributed by atoms with E-state index in [4.69, 9.17) is 0 Å². The summed E-state index contributed by atoms with van der Waals surface area (Å²) in [6.45, 7) is 1.80. The number of nitrogens with zero attached hydrogens (tertiary/aromatic N) is 3. The van der Waals surface area contributed by atoms with Crippen LogP contribution in [0.3, 0.4) is 0 Å². The number of para-hydroxylation sites is 1. The van der Waals surface area contributed by atoms with Crippen molar-refractivity contribution in [3.05, 3.63) is 78.0 Å². The van der Waals surface area contributed by atoms with Crippen molar-refractivity contribution < 1.29 is 8.78 Å². The van der Waals surface area contributed by atoms with E-state index in [2.05, 4.69) is 15.0 Å². The molecule has 0 N–H and O–H groups in total. The third kappa shape index (κ3) is 2.85. The molecule has 0 unspecified atom stereocenters. The van der Waals surface area contributed by atoms with E-state index in [1.54, 1.807) is 25.3 Å². The Morgan fingerprint density at radius 1 is 0.880 bits per heavy atom. The maximum atomic E-state index is 14.1. The molecule has 0 saturated heterocycles. The molecule has 0 radical (unpaired) electrons. The van der Waals surface area contributed by atoms with Crippen molar-refractivity contribution in [2.45, 2.75) is 6.92 Å². The zero-order chi connectivity index (χ0) is 17.4. The number of halogens is 2. The molecule has 2 aromatic carbocycles. The molecular formula is C20H13F2N3. The van der Waals surface area contributed by atoms with E-state index in [9.17, 15) is 8.78 Å². The Hall–Kier alpha value is -3.21. The Labute approximate surface area is 143 Å². The molecule has 0 aliphatic rings. The molecule has 25 heavy (non-hydrogen) atoms. The summed E-state index contributed by atoms with van der Waals surface area (Å²) in [6.07, 6.45) is 1.72. The van der Waals surface area contributed by atoms with Crippen LogP contribution in [0.5, 0.6) is 0 Å². The van der Waals surface area contributed by atoms with Gasteiger partial charge in [0.25, 0.3) is 0 Å². The van der Waals surface area contributed by atoms with Crippen LogP contribution >= 0.6 is 0 Å². The van der Waals surface area contributed by atoms with E-state index in [1.165, 1.54) is 0 Å². The van der Waals surface area contributed by atoms with Crippen molar-refractivity contribution in [3.8, 4) is 22.8 Å². The van der Waals surface area contributed by atoms with Crippen molar-refractivity contribution in [1.29, 1.82) is 0 Å². The van der Waals surface area contributed by atoms with E-state index >= 15 is 0 Å². The van der Waals surface area contributed by atoms with Crippen molar-refractivity contribution in [1.82, 2.24) is 15.0 Å². The molecule has 0 amide bonds. The highest BCUT2D eigenvalue weighted by atomic mass is 19.1. The molecular weight excluding hydrogens is 320 g/mol. The summed E-state index contributed by atoms with van der Waals surface area (Å²) in [4.78, 5) is 13.3. The average Bonchev–Trinajstić information content (AvgIpc) is 2.64. The van der Waals surface area contributed by atoms with Crippen molar-refractivity contribution in [2.75, 3.05) is 0 Å². The second kappa shape index (κ2) is 6.02. The van der Waals surface area contributed by atoms with Gasteiger partial charge in [0.15, 0.2) is 5.82 Å². The van der Waals surface area contributed by atoms with Gasteiger partial charge >= 0.3 is 0 Å². The molecule has 0 bridgehead atoms. The van der Waals surface area contributed by atoms with Gasteiger partial charge in [-0.3, -0.25) is 0 Å². The third-order valence-electron chi connectivity index (χ3n) is 4.00. The van der Waals surface area contributed by atoms with Crippen LogP contribution in [0.15, 0.2) is 60.8 Å². The second-order valence-corrected chi connectivity index (χ2v) is 5.74. The summed E-state index contributed by atoms with van der Waals surface area (Å²) in [5.41, 5.74) is 2.56. The first-order chi connectivity index (χ1) is 12.1. The number of aryl methyl sites for hydroxylation is 1. The smallest absolute Gasteiger partial charge is 0.178 e. The Bertz CT molecular complexity index is 1090. The highest BCUT2D eigenvalue weighted by Gasteiger charge is 2.13. The lowest BCUT2D eigenvalue weighted by Crippen LogP contribution is -1.97. The summed E-state index contributed by atoms with van der Waals surface area (Å²) in [5.74, 6) is -0.588. The monoisotopic (exact) mass is 333 g/mol. The quantitative estimate of drug-likeness (QED) is 0.521. The van der Waals surface area contributed by atoms with Crippen LogP contribution < -0.4 is 0 Å². The predicted octanol–water partition coefficient (Wildman–Crippen LogP) is 4.95. The van der Waals surface area contributed by atoms with Gasteiger partial charge in [-0.15, -0.1) is 0 Å². The number of aromatic nitrogens is 3. The topological polar surface area (TPSA) is 38.7 Å². The van der Waals surface area contributed by atoms with Gasteiger partial charge in [-0.05, 0) is 42.8 Å². The fourth-order valence-electron chi connectivity index (χ4n) is 2.70. The van der Waals surface area contributed by atoms with Crippen molar-refractivity contribution >= 4 is 10.9 Å². The molecule has 5 heteroatoms. The minimum atomic E-state index is -0.520. The Kier molecular flexibility index (Phi) is 3.69. The first-order valence-electron chi connectivity index (χ1n) is 7.77. The van der Waals surface area contributed by atoms with Gasteiger partial charge in [-0.25, -0.2) is 23.7 Å². The van der Waals surface area contributed by atoms with Gasteiger partial charge in [0.2, 0.25) is 0 Å². The van der Waals surface area contributed by atoms with Crippen LogP contribution in [0.1, 0.15) is 5.56 Å². The van der Waals surface area contributed by atoms with Crippen LogP contribution in [0.25, 0.3) is 33.7 Å². The Balaban J connectivity index is 1.87. The number of hydrogen-bond donors (Lipinski definition) is 0. The maximum absolute atomic E-state index is 14.1. The molecule has 4 aromatic rings. The fraction of sp³-hybridized carbons (Fsp3) is 0.0500. The summed E-state index contributed by atoms with van der Waals surface area (Å²) in [7, 11) is 0. The van der Waals surface area contributed by atoms with E-state index in [0.29, 0.717) is 17.2 Å². The lowest BCUT2D eigenvalue weighted by atomic mass is 10.1. The zero-order valence-corrected chi connectivity index (χ0v) is 13.4. The number of rotatable bonds is 2. The number of pyridine rings is 1. The Morgan fingerprint density at radius 2 is 1.72 bits per heavy atom. The SMILES string of the molecule is Cc1ccc(-c2ncc3ccccc3n2)nc1-c1cc(F)ccc1F. The third-order valence-corrected chi connectivity index (χ3v) is 4.00. The molecule has 0 aliphatic carbocycles. The molecule has 0 saturated carbocycles. The van der Waals surface area contributed by atoms with Gasteiger partial charge in [-0.2, -0.15) is 0 Å². The van der Waals surface area contributed by atoms with Crippen molar-refractivity contribution in [3.63, 3.8) is 0 Å². The number of benzene rings is 2. The molecule has 2 aromatic heterocycles. The zero-order valence-electron chi connectivity index (χ0n) is 13.4. The highest BCUT2D eigenvalue weighted by molar-refractivity contribution is 5.79. The molecule has 0 spiro atoms. The lowest BCUT2D eigenvalue weighted by molar-refractivity contribution is 0.602. The van der Waals surface area contributed by atoms with Gasteiger partial charge < -0.3 is 0 Å². The first-order valence-corrected chi connectivity index (χ1v) is 7.77. The Morgan fingerprint density at radius 3 is 2.60 bits per heavy atom. The molecule has 0 atom stereocenters. The van der Waals surface area contributed by atoms with Crippen LogP contribution in [-0.2, 0) is 0 Å². The average molecular weight is 333 g/mol. The largest absolute Gasteiger partial charge is 0.244 e. The molecule has 4 rings (SSSR count). The predicted molar refractivity (Wildman–Crippen MR) is 92.9 cm³/mol. The second-order valence-electron chi connectivity index (χ2n) is 5.74. The minimum absolute atomic E-state index is 0.125.